The Morgan fingerprint density at radius 1 is 1.20 bits per heavy atom. The van der Waals surface area contributed by atoms with Crippen LogP contribution in [0.25, 0.3) is 11.0 Å². The minimum atomic E-state index is -0.331. The molecule has 1 aromatic heterocycles. The molecule has 2 heterocycles. The lowest BCUT2D eigenvalue weighted by atomic mass is 10.1. The highest BCUT2D eigenvalue weighted by Crippen LogP contribution is 2.31. The molecule has 6 heteroatoms. The molecule has 1 amide bonds. The lowest BCUT2D eigenvalue weighted by molar-refractivity contribution is -0.126. The first-order chi connectivity index (χ1) is 11.9. The number of rotatable bonds is 4. The van der Waals surface area contributed by atoms with Crippen LogP contribution in [-0.4, -0.2) is 47.9 Å². The second-order valence-corrected chi connectivity index (χ2v) is 6.73. The molecule has 0 bridgehead atoms. The van der Waals surface area contributed by atoms with Crippen molar-refractivity contribution >= 4 is 28.3 Å². The Kier molecular flexibility index (Phi) is 4.92. The van der Waals surface area contributed by atoms with Gasteiger partial charge in [0, 0.05) is 25.4 Å². The number of fused-ring (bicyclic) bond motifs is 1. The second kappa shape index (κ2) is 6.98. The van der Waals surface area contributed by atoms with E-state index in [4.69, 9.17) is 9.15 Å². The van der Waals surface area contributed by atoms with E-state index < -0.39 is 0 Å². The summed E-state index contributed by atoms with van der Waals surface area (Å²) in [7, 11) is 0. The Morgan fingerprint density at radius 2 is 1.84 bits per heavy atom. The first-order valence-electron chi connectivity index (χ1n) is 8.59. The van der Waals surface area contributed by atoms with Crippen molar-refractivity contribution in [2.24, 2.45) is 0 Å². The van der Waals surface area contributed by atoms with Gasteiger partial charge in [0.1, 0.15) is 5.58 Å². The predicted octanol–water partition coefficient (Wildman–Crippen LogP) is 3.07. The number of amides is 1. The number of carbonyl (C=O) groups excluding carboxylic acids is 2. The molecule has 6 nitrogen and oxygen atoms in total. The Hall–Kier alpha value is -2.18. The Labute approximate surface area is 147 Å². The van der Waals surface area contributed by atoms with E-state index in [2.05, 4.69) is 10.2 Å². The third-order valence-corrected chi connectivity index (χ3v) is 4.54. The SMILES string of the molecule is CC(=O)c1oc2ccccc2c1NC(=O)[C@H](C)N1C[C@H](C)O[C@@H](C)C1. The summed E-state index contributed by atoms with van der Waals surface area (Å²) in [5, 5.41) is 3.64. The van der Waals surface area contributed by atoms with Gasteiger partial charge >= 0.3 is 0 Å². The topological polar surface area (TPSA) is 71.8 Å². The van der Waals surface area contributed by atoms with Crippen molar-refractivity contribution in [3.05, 3.63) is 30.0 Å². The smallest absolute Gasteiger partial charge is 0.241 e. The molecule has 1 N–H and O–H groups in total. The van der Waals surface area contributed by atoms with Crippen molar-refractivity contribution in [2.45, 2.75) is 45.9 Å². The minimum Gasteiger partial charge on any atom is -0.451 e. The van der Waals surface area contributed by atoms with Crippen molar-refractivity contribution < 1.29 is 18.7 Å². The van der Waals surface area contributed by atoms with Gasteiger partial charge < -0.3 is 14.5 Å². The first kappa shape index (κ1) is 17.6. The van der Waals surface area contributed by atoms with Gasteiger partial charge in [-0.15, -0.1) is 0 Å². The van der Waals surface area contributed by atoms with Crippen molar-refractivity contribution in [1.82, 2.24) is 4.90 Å². The number of hydrogen-bond acceptors (Lipinski definition) is 5. The summed E-state index contributed by atoms with van der Waals surface area (Å²) in [5.74, 6) is -0.186. The number of furan rings is 1. The largest absolute Gasteiger partial charge is 0.451 e. The number of nitrogens with zero attached hydrogens (tertiary/aromatic N) is 1. The van der Waals surface area contributed by atoms with E-state index in [1.165, 1.54) is 6.92 Å². The van der Waals surface area contributed by atoms with E-state index in [0.717, 1.165) is 5.39 Å². The summed E-state index contributed by atoms with van der Waals surface area (Å²) in [4.78, 5) is 26.8. The maximum Gasteiger partial charge on any atom is 0.241 e. The molecule has 1 aliphatic rings. The Balaban J connectivity index is 1.84. The summed E-state index contributed by atoms with van der Waals surface area (Å²) in [6.07, 6.45) is 0.170. The zero-order valence-electron chi connectivity index (χ0n) is 15.0. The van der Waals surface area contributed by atoms with Gasteiger partial charge in [0.05, 0.1) is 23.9 Å². The van der Waals surface area contributed by atoms with Crippen LogP contribution in [0.3, 0.4) is 0 Å². The molecule has 1 aromatic carbocycles. The molecule has 0 aliphatic carbocycles. The highest BCUT2D eigenvalue weighted by Gasteiger charge is 2.30. The molecule has 0 saturated carbocycles. The van der Waals surface area contributed by atoms with Crippen LogP contribution < -0.4 is 5.32 Å². The van der Waals surface area contributed by atoms with Crippen molar-refractivity contribution in [2.75, 3.05) is 18.4 Å². The zero-order valence-corrected chi connectivity index (χ0v) is 15.0. The summed E-state index contributed by atoms with van der Waals surface area (Å²) in [5.41, 5.74) is 1.04. The quantitative estimate of drug-likeness (QED) is 0.863. The minimum absolute atomic E-state index is 0.0848. The number of hydrogen-bond donors (Lipinski definition) is 1. The fraction of sp³-hybridized carbons (Fsp3) is 0.474. The Bertz CT molecular complexity index is 788. The first-order valence-corrected chi connectivity index (χ1v) is 8.59. The van der Waals surface area contributed by atoms with Crippen LogP contribution in [0.2, 0.25) is 0 Å². The number of anilines is 1. The average Bonchev–Trinajstić information content (AvgIpc) is 2.92. The van der Waals surface area contributed by atoms with Gasteiger partial charge in [-0.25, -0.2) is 0 Å². The summed E-state index contributed by atoms with van der Waals surface area (Å²) < 4.78 is 11.4. The number of benzene rings is 1. The van der Waals surface area contributed by atoms with Crippen LogP contribution in [0.5, 0.6) is 0 Å². The summed E-state index contributed by atoms with van der Waals surface area (Å²) in [6.45, 7) is 8.71. The van der Waals surface area contributed by atoms with Crippen LogP contribution in [0, 0.1) is 0 Å². The third kappa shape index (κ3) is 3.60. The predicted molar refractivity (Wildman–Crippen MR) is 95.9 cm³/mol. The van der Waals surface area contributed by atoms with E-state index in [1.54, 1.807) is 6.07 Å². The average molecular weight is 344 g/mol. The van der Waals surface area contributed by atoms with Crippen molar-refractivity contribution in [3.8, 4) is 0 Å². The van der Waals surface area contributed by atoms with Gasteiger partial charge in [-0.1, -0.05) is 12.1 Å². The van der Waals surface area contributed by atoms with Gasteiger partial charge in [0.2, 0.25) is 5.91 Å². The molecule has 0 radical (unpaired) electrons. The molecular weight excluding hydrogens is 320 g/mol. The summed E-state index contributed by atoms with van der Waals surface area (Å²) >= 11 is 0. The van der Waals surface area contributed by atoms with E-state index >= 15 is 0 Å². The molecule has 0 unspecified atom stereocenters. The lowest BCUT2D eigenvalue weighted by Gasteiger charge is -2.38. The van der Waals surface area contributed by atoms with Gasteiger partial charge in [0.25, 0.3) is 0 Å². The third-order valence-electron chi connectivity index (χ3n) is 4.54. The number of ketones is 1. The van der Waals surface area contributed by atoms with E-state index in [0.29, 0.717) is 24.4 Å². The number of Topliss-reactive ketones (excluding diaryl/α,β-unsaturated/α-hetero) is 1. The molecule has 3 atom stereocenters. The highest BCUT2D eigenvalue weighted by molar-refractivity contribution is 6.11. The molecule has 2 aromatic rings. The number of nitrogens with one attached hydrogen (secondary N) is 1. The van der Waals surface area contributed by atoms with Crippen LogP contribution >= 0.6 is 0 Å². The second-order valence-electron chi connectivity index (χ2n) is 6.73. The zero-order chi connectivity index (χ0) is 18.1. The molecule has 1 fully saturated rings. The fourth-order valence-electron chi connectivity index (χ4n) is 3.34. The monoisotopic (exact) mass is 344 g/mol. The Morgan fingerprint density at radius 3 is 2.48 bits per heavy atom. The molecule has 1 saturated heterocycles. The normalized spacial score (nSPS) is 22.7. The van der Waals surface area contributed by atoms with Crippen LogP contribution in [0.4, 0.5) is 5.69 Å². The van der Waals surface area contributed by atoms with E-state index in [-0.39, 0.29) is 35.7 Å². The number of ether oxygens (including phenoxy) is 1. The lowest BCUT2D eigenvalue weighted by Crippen LogP contribution is -2.52. The van der Waals surface area contributed by atoms with Crippen molar-refractivity contribution in [3.63, 3.8) is 0 Å². The molecule has 25 heavy (non-hydrogen) atoms. The fourth-order valence-corrected chi connectivity index (χ4v) is 3.34. The van der Waals surface area contributed by atoms with Crippen LogP contribution in [0.15, 0.2) is 28.7 Å². The maximum absolute atomic E-state index is 12.8. The highest BCUT2D eigenvalue weighted by atomic mass is 16.5. The van der Waals surface area contributed by atoms with Gasteiger partial charge in [0.15, 0.2) is 11.5 Å². The molecule has 134 valence electrons. The molecule has 3 rings (SSSR count). The van der Waals surface area contributed by atoms with Gasteiger partial charge in [-0.05, 0) is 32.9 Å². The number of carbonyl (C=O) groups is 2. The molecular formula is C19H24N2O4. The van der Waals surface area contributed by atoms with Crippen LogP contribution in [-0.2, 0) is 9.53 Å². The van der Waals surface area contributed by atoms with Gasteiger partial charge in [-0.2, -0.15) is 0 Å². The van der Waals surface area contributed by atoms with E-state index in [9.17, 15) is 9.59 Å². The van der Waals surface area contributed by atoms with Crippen molar-refractivity contribution in [1.29, 1.82) is 0 Å². The molecule has 1 aliphatic heterocycles. The number of para-hydroxylation sites is 1. The van der Waals surface area contributed by atoms with Crippen LogP contribution in [0.1, 0.15) is 38.2 Å². The van der Waals surface area contributed by atoms with E-state index in [1.807, 2.05) is 39.0 Å². The molecule has 0 spiro atoms. The number of morpholine rings is 1. The standard InChI is InChI=1S/C19H24N2O4/c1-11-9-21(10-12(2)24-11)13(3)19(23)20-17-15-7-5-6-8-16(15)25-18(17)14(4)22/h5-8,11-13H,9-10H2,1-4H3,(H,20,23)/t11-,12-,13-/m0/s1. The van der Waals surface area contributed by atoms with Gasteiger partial charge in [-0.3, -0.25) is 14.5 Å². The maximum atomic E-state index is 12.8. The summed E-state index contributed by atoms with van der Waals surface area (Å²) in [6, 6.07) is 6.98.